The van der Waals surface area contributed by atoms with E-state index in [1.54, 1.807) is 12.1 Å². The van der Waals surface area contributed by atoms with Gasteiger partial charge in [-0.05, 0) is 42.0 Å². The quantitative estimate of drug-likeness (QED) is 0.286. The summed E-state index contributed by atoms with van der Waals surface area (Å²) in [4.78, 5) is 19.1. The van der Waals surface area contributed by atoms with Gasteiger partial charge in [-0.25, -0.2) is 15.1 Å². The van der Waals surface area contributed by atoms with Gasteiger partial charge in [0, 0.05) is 18.7 Å². The largest absolute Gasteiger partial charge is 0.461 e. The molecule has 1 aliphatic heterocycles. The molecule has 3 aromatic carbocycles. The number of esters is 1. The minimum Gasteiger partial charge on any atom is -0.461 e. The number of ether oxygens (including phenoxy) is 1. The molecule has 1 heterocycles. The highest BCUT2D eigenvalue weighted by Crippen LogP contribution is 2.40. The monoisotopic (exact) mass is 453 g/mol. The number of halogens is 3. The smallest absolute Gasteiger partial charge is 0.457 e. The number of anilines is 1. The number of carbonyl (C=O) groups is 1. The highest BCUT2D eigenvalue weighted by Gasteiger charge is 2.36. The molecule has 1 N–H and O–H groups in total. The third-order valence-corrected chi connectivity index (χ3v) is 5.21. The van der Waals surface area contributed by atoms with Crippen molar-refractivity contribution >= 4 is 23.2 Å². The van der Waals surface area contributed by atoms with E-state index in [0.29, 0.717) is 0 Å². The molecule has 0 amide bonds. The van der Waals surface area contributed by atoms with Crippen molar-refractivity contribution in [2.45, 2.75) is 18.8 Å². The van der Waals surface area contributed by atoms with Gasteiger partial charge in [-0.2, -0.15) is 13.2 Å². The van der Waals surface area contributed by atoms with Crippen LogP contribution in [0.5, 0.6) is 0 Å². The fourth-order valence-corrected chi connectivity index (χ4v) is 3.63. The van der Waals surface area contributed by atoms with E-state index in [4.69, 9.17) is 9.73 Å². The number of hydrogen-bond donors (Lipinski definition) is 1. The molecular weight excluding hydrogens is 431 g/mol. The molecule has 4 rings (SSSR count). The summed E-state index contributed by atoms with van der Waals surface area (Å²) < 4.78 is 41.2. The molecule has 8 heteroatoms. The molecule has 170 valence electrons. The number of hydrogen-bond acceptors (Lipinski definition) is 4. The minimum atomic E-state index is -4.50. The molecule has 1 aliphatic rings. The number of rotatable bonds is 7. The van der Waals surface area contributed by atoms with E-state index in [1.807, 2.05) is 72.8 Å². The number of benzene rings is 3. The zero-order valence-electron chi connectivity index (χ0n) is 17.6. The molecule has 33 heavy (non-hydrogen) atoms. The summed E-state index contributed by atoms with van der Waals surface area (Å²) in [6.45, 7) is -0.866. The van der Waals surface area contributed by atoms with Crippen LogP contribution in [0.3, 0.4) is 0 Å². The Morgan fingerprint density at radius 3 is 2.24 bits per heavy atom. The van der Waals surface area contributed by atoms with Crippen LogP contribution in [0.1, 0.15) is 28.4 Å². The number of nitrogens with one attached hydrogen (secondary N) is 1. The van der Waals surface area contributed by atoms with Crippen molar-refractivity contribution in [2.24, 2.45) is 4.99 Å². The van der Waals surface area contributed by atoms with Crippen molar-refractivity contribution in [1.29, 1.82) is 0 Å². The first-order chi connectivity index (χ1) is 15.9. The Labute approximate surface area is 189 Å². The van der Waals surface area contributed by atoms with Crippen LogP contribution in [-0.2, 0) is 4.74 Å². The van der Waals surface area contributed by atoms with Gasteiger partial charge in [-0.15, -0.1) is 0 Å². The SMILES string of the molecule is O=C(OCCNC(F)(F)F)c1ccc(C2C/C(=N\c3ccccc3)N2c2ccccc2)cc1. The number of para-hydroxylation sites is 2. The maximum Gasteiger partial charge on any atom is 0.457 e. The van der Waals surface area contributed by atoms with Crippen LogP contribution >= 0.6 is 0 Å². The predicted molar refractivity (Wildman–Crippen MR) is 121 cm³/mol. The number of nitrogens with zero attached hydrogens (tertiary/aromatic N) is 2. The van der Waals surface area contributed by atoms with Crippen LogP contribution in [0.2, 0.25) is 0 Å². The summed E-state index contributed by atoms with van der Waals surface area (Å²) in [5.74, 6) is 0.281. The van der Waals surface area contributed by atoms with E-state index < -0.39 is 18.8 Å². The highest BCUT2D eigenvalue weighted by atomic mass is 19.4. The maximum atomic E-state index is 12.1. The normalized spacial score (nSPS) is 17.0. The highest BCUT2D eigenvalue weighted by molar-refractivity contribution is 6.06. The molecule has 0 radical (unpaired) electrons. The van der Waals surface area contributed by atoms with Gasteiger partial charge < -0.3 is 9.64 Å². The standard InChI is InChI=1S/C25H22F3N3O2/c26-25(27,28)29-15-16-33-24(32)19-13-11-18(12-14-19)22-17-23(30-20-7-3-1-4-8-20)31(22)21-9-5-2-6-10-21/h1-14,22,29H,15-17H2/b30-23+. The molecule has 1 unspecified atom stereocenters. The van der Waals surface area contributed by atoms with E-state index in [1.165, 1.54) is 5.32 Å². The van der Waals surface area contributed by atoms with Crippen molar-refractivity contribution in [3.8, 4) is 0 Å². The lowest BCUT2D eigenvalue weighted by Crippen LogP contribution is -2.46. The summed E-state index contributed by atoms with van der Waals surface area (Å²) in [5.41, 5.74) is 3.18. The first-order valence-corrected chi connectivity index (χ1v) is 10.5. The summed E-state index contributed by atoms with van der Waals surface area (Å²) >= 11 is 0. The second-order valence-electron chi connectivity index (χ2n) is 7.47. The first kappa shape index (κ1) is 22.5. The molecule has 5 nitrogen and oxygen atoms in total. The lowest BCUT2D eigenvalue weighted by Gasteiger charge is -2.44. The van der Waals surface area contributed by atoms with Gasteiger partial charge in [-0.3, -0.25) is 0 Å². The van der Waals surface area contributed by atoms with E-state index in [0.717, 1.165) is 29.2 Å². The van der Waals surface area contributed by atoms with Gasteiger partial charge in [0.25, 0.3) is 0 Å². The Balaban J connectivity index is 1.45. The fourth-order valence-electron chi connectivity index (χ4n) is 3.63. The zero-order valence-corrected chi connectivity index (χ0v) is 17.6. The molecule has 0 aromatic heterocycles. The van der Waals surface area contributed by atoms with Gasteiger partial charge in [0.05, 0.1) is 17.3 Å². The minimum absolute atomic E-state index is 0.0518. The second kappa shape index (κ2) is 9.87. The first-order valence-electron chi connectivity index (χ1n) is 10.5. The lowest BCUT2D eigenvalue weighted by atomic mass is 9.91. The predicted octanol–water partition coefficient (Wildman–Crippen LogP) is 5.63. The molecule has 1 fully saturated rings. The molecule has 1 atom stereocenters. The van der Waals surface area contributed by atoms with Crippen LogP contribution in [0.4, 0.5) is 24.5 Å². The Kier molecular flexibility index (Phi) is 6.74. The van der Waals surface area contributed by atoms with Crippen LogP contribution in [0, 0.1) is 0 Å². The van der Waals surface area contributed by atoms with Crippen LogP contribution < -0.4 is 10.2 Å². The van der Waals surface area contributed by atoms with Crippen molar-refractivity contribution in [3.05, 3.63) is 96.1 Å². The second-order valence-corrected chi connectivity index (χ2v) is 7.47. The van der Waals surface area contributed by atoms with E-state index >= 15 is 0 Å². The van der Waals surface area contributed by atoms with E-state index in [9.17, 15) is 18.0 Å². The average Bonchev–Trinajstić information content (AvgIpc) is 2.80. The number of carbonyl (C=O) groups excluding carboxylic acids is 1. The fraction of sp³-hybridized carbons (Fsp3) is 0.200. The molecule has 0 bridgehead atoms. The van der Waals surface area contributed by atoms with E-state index in [2.05, 4.69) is 4.90 Å². The summed E-state index contributed by atoms with van der Waals surface area (Å²) in [6.07, 6.45) is -3.76. The Hall–Kier alpha value is -3.65. The Morgan fingerprint density at radius 1 is 0.970 bits per heavy atom. The molecular formula is C25H22F3N3O2. The van der Waals surface area contributed by atoms with Gasteiger partial charge in [0.1, 0.15) is 12.4 Å². The number of amidine groups is 1. The molecule has 0 aliphatic carbocycles. The Bertz CT molecular complexity index is 1100. The Morgan fingerprint density at radius 2 is 1.61 bits per heavy atom. The van der Waals surface area contributed by atoms with Gasteiger partial charge in [0.15, 0.2) is 0 Å². The average molecular weight is 453 g/mol. The van der Waals surface area contributed by atoms with Crippen molar-refractivity contribution in [1.82, 2.24) is 5.32 Å². The van der Waals surface area contributed by atoms with Gasteiger partial charge in [0.2, 0.25) is 0 Å². The summed E-state index contributed by atoms with van der Waals surface area (Å²) in [6, 6.07) is 26.7. The van der Waals surface area contributed by atoms with Crippen LogP contribution in [-0.4, -0.2) is 31.3 Å². The van der Waals surface area contributed by atoms with Crippen molar-refractivity contribution in [2.75, 3.05) is 18.1 Å². The zero-order chi connectivity index (χ0) is 23.3. The molecule has 0 spiro atoms. The third-order valence-electron chi connectivity index (χ3n) is 5.21. The van der Waals surface area contributed by atoms with Crippen molar-refractivity contribution < 1.29 is 22.7 Å². The molecule has 0 saturated carbocycles. The maximum absolute atomic E-state index is 12.1. The van der Waals surface area contributed by atoms with E-state index in [-0.39, 0.29) is 18.2 Å². The van der Waals surface area contributed by atoms with Gasteiger partial charge >= 0.3 is 12.3 Å². The van der Waals surface area contributed by atoms with Crippen LogP contribution in [0.25, 0.3) is 0 Å². The van der Waals surface area contributed by atoms with Gasteiger partial charge in [-0.1, -0.05) is 48.5 Å². The number of aliphatic imine (C=N–C) groups is 1. The molecule has 3 aromatic rings. The van der Waals surface area contributed by atoms with Crippen LogP contribution in [0.15, 0.2) is 89.9 Å². The third kappa shape index (κ3) is 5.78. The summed E-state index contributed by atoms with van der Waals surface area (Å²) in [5, 5.41) is 1.32. The summed E-state index contributed by atoms with van der Waals surface area (Å²) in [7, 11) is 0. The molecule has 1 saturated heterocycles. The lowest BCUT2D eigenvalue weighted by molar-refractivity contribution is -0.158. The van der Waals surface area contributed by atoms with Crippen molar-refractivity contribution in [3.63, 3.8) is 0 Å². The number of alkyl halides is 3. The topological polar surface area (TPSA) is 53.9 Å².